The molecular formula is C16H18F2N2O2. The molecule has 1 aliphatic heterocycles. The normalized spacial score (nSPS) is 23.1. The van der Waals surface area contributed by atoms with Gasteiger partial charge < -0.3 is 10.2 Å². The summed E-state index contributed by atoms with van der Waals surface area (Å²) in [5.74, 6) is -1.65. The van der Waals surface area contributed by atoms with Gasteiger partial charge in [0.05, 0.1) is 6.54 Å². The van der Waals surface area contributed by atoms with E-state index in [1.54, 1.807) is 0 Å². The Morgan fingerprint density at radius 3 is 2.82 bits per heavy atom. The molecule has 1 aromatic carbocycles. The topological polar surface area (TPSA) is 49.4 Å². The van der Waals surface area contributed by atoms with E-state index in [0.29, 0.717) is 13.1 Å². The second-order valence-electron chi connectivity index (χ2n) is 6.02. The van der Waals surface area contributed by atoms with Crippen LogP contribution in [0.4, 0.5) is 8.78 Å². The van der Waals surface area contributed by atoms with Gasteiger partial charge in [-0.3, -0.25) is 9.59 Å². The summed E-state index contributed by atoms with van der Waals surface area (Å²) in [6.07, 6.45) is 0.117. The molecule has 118 valence electrons. The zero-order valence-corrected chi connectivity index (χ0v) is 12.1. The molecule has 2 aliphatic rings. The number of nitrogens with zero attached hydrogens (tertiary/aromatic N) is 1. The minimum absolute atomic E-state index is 0.0742. The van der Waals surface area contributed by atoms with Crippen LogP contribution in [0.2, 0.25) is 0 Å². The highest BCUT2D eigenvalue weighted by Gasteiger charge is 2.45. The maximum absolute atomic E-state index is 12.1. The Kier molecular flexibility index (Phi) is 3.85. The number of hydrogen-bond donors (Lipinski definition) is 1. The smallest absolute Gasteiger partial charge is 0.311 e. The van der Waals surface area contributed by atoms with Crippen LogP contribution in [0.25, 0.3) is 0 Å². The van der Waals surface area contributed by atoms with Gasteiger partial charge in [0, 0.05) is 18.5 Å². The van der Waals surface area contributed by atoms with Crippen LogP contribution in [0.1, 0.15) is 24.0 Å². The van der Waals surface area contributed by atoms with Crippen molar-refractivity contribution in [3.05, 3.63) is 35.4 Å². The molecule has 1 fully saturated rings. The molecule has 1 N–H and O–H groups in total. The summed E-state index contributed by atoms with van der Waals surface area (Å²) in [4.78, 5) is 25.2. The average molecular weight is 308 g/mol. The van der Waals surface area contributed by atoms with Gasteiger partial charge in [-0.15, -0.1) is 0 Å². The molecule has 4 nitrogen and oxygen atoms in total. The van der Waals surface area contributed by atoms with Crippen LogP contribution in [0.5, 0.6) is 0 Å². The molecule has 0 saturated carbocycles. The van der Waals surface area contributed by atoms with Crippen molar-refractivity contribution in [3.63, 3.8) is 0 Å². The molecule has 0 aromatic heterocycles. The lowest BCUT2D eigenvalue weighted by Crippen LogP contribution is -2.44. The Hall–Kier alpha value is -1.98. The molecule has 6 heteroatoms. The standard InChI is InChI=1S/C16H18F2N2O2/c17-13(18)9-19-14(21)15(22)20-8-7-16(10-20)6-5-11-3-1-2-4-12(11)16/h1-4,13H,5-10H2,(H,19,21). The fourth-order valence-electron chi connectivity index (χ4n) is 3.62. The van der Waals surface area contributed by atoms with Crippen molar-refractivity contribution < 1.29 is 18.4 Å². The summed E-state index contributed by atoms with van der Waals surface area (Å²) in [6, 6.07) is 8.19. The predicted molar refractivity (Wildman–Crippen MR) is 76.7 cm³/mol. The number of alkyl halides is 2. The van der Waals surface area contributed by atoms with Crippen molar-refractivity contribution in [2.75, 3.05) is 19.6 Å². The van der Waals surface area contributed by atoms with E-state index < -0.39 is 24.8 Å². The lowest BCUT2D eigenvalue weighted by molar-refractivity contribution is -0.145. The highest BCUT2D eigenvalue weighted by molar-refractivity contribution is 6.35. The van der Waals surface area contributed by atoms with Crippen molar-refractivity contribution in [1.82, 2.24) is 10.2 Å². The highest BCUT2D eigenvalue weighted by Crippen LogP contribution is 2.45. The summed E-state index contributed by atoms with van der Waals surface area (Å²) in [5, 5.41) is 1.98. The maximum atomic E-state index is 12.1. The number of aryl methyl sites for hydroxylation is 1. The first-order valence-electron chi connectivity index (χ1n) is 7.45. The van der Waals surface area contributed by atoms with E-state index >= 15 is 0 Å². The van der Waals surface area contributed by atoms with Gasteiger partial charge >= 0.3 is 11.8 Å². The minimum atomic E-state index is -2.65. The second kappa shape index (κ2) is 5.66. The third-order valence-corrected chi connectivity index (χ3v) is 4.71. The monoisotopic (exact) mass is 308 g/mol. The molecule has 1 aliphatic carbocycles. The number of carbonyl (C=O) groups excluding carboxylic acids is 2. The number of hydrogen-bond acceptors (Lipinski definition) is 2. The first-order chi connectivity index (χ1) is 10.5. The number of likely N-dealkylation sites (tertiary alicyclic amines) is 1. The van der Waals surface area contributed by atoms with Gasteiger partial charge in [0.15, 0.2) is 0 Å². The van der Waals surface area contributed by atoms with Crippen molar-refractivity contribution >= 4 is 11.8 Å². The van der Waals surface area contributed by atoms with Crippen LogP contribution in [0.3, 0.4) is 0 Å². The number of carbonyl (C=O) groups is 2. The maximum Gasteiger partial charge on any atom is 0.311 e. The predicted octanol–water partition coefficient (Wildman–Crippen LogP) is 1.48. The zero-order chi connectivity index (χ0) is 15.7. The zero-order valence-electron chi connectivity index (χ0n) is 12.1. The molecule has 0 bridgehead atoms. The Balaban J connectivity index is 1.68. The van der Waals surface area contributed by atoms with Gasteiger partial charge in [-0.2, -0.15) is 0 Å². The van der Waals surface area contributed by atoms with Crippen molar-refractivity contribution in [1.29, 1.82) is 0 Å². The molecule has 1 aromatic rings. The molecule has 1 heterocycles. The van der Waals surface area contributed by atoms with Gasteiger partial charge in [0.25, 0.3) is 6.43 Å². The molecule has 1 spiro atoms. The van der Waals surface area contributed by atoms with Gasteiger partial charge in [0.1, 0.15) is 0 Å². The summed E-state index contributed by atoms with van der Waals surface area (Å²) >= 11 is 0. The second-order valence-corrected chi connectivity index (χ2v) is 6.02. The van der Waals surface area contributed by atoms with Gasteiger partial charge in [-0.05, 0) is 30.4 Å². The first kappa shape index (κ1) is 14.9. The van der Waals surface area contributed by atoms with E-state index in [1.165, 1.54) is 16.0 Å². The minimum Gasteiger partial charge on any atom is -0.342 e. The number of amides is 2. The van der Waals surface area contributed by atoms with Crippen molar-refractivity contribution in [2.24, 2.45) is 0 Å². The van der Waals surface area contributed by atoms with Crippen LogP contribution < -0.4 is 5.32 Å². The largest absolute Gasteiger partial charge is 0.342 e. The third-order valence-electron chi connectivity index (χ3n) is 4.71. The number of benzene rings is 1. The van der Waals surface area contributed by atoms with E-state index in [4.69, 9.17) is 0 Å². The van der Waals surface area contributed by atoms with Crippen molar-refractivity contribution in [2.45, 2.75) is 31.1 Å². The fraction of sp³-hybridized carbons (Fsp3) is 0.500. The molecular weight excluding hydrogens is 290 g/mol. The quantitative estimate of drug-likeness (QED) is 0.842. The molecule has 22 heavy (non-hydrogen) atoms. The molecule has 0 radical (unpaired) electrons. The van der Waals surface area contributed by atoms with Gasteiger partial charge in [-0.1, -0.05) is 24.3 Å². The van der Waals surface area contributed by atoms with Crippen LogP contribution >= 0.6 is 0 Å². The highest BCUT2D eigenvalue weighted by atomic mass is 19.3. The number of rotatable bonds is 2. The Labute approximate surface area is 127 Å². The Bertz CT molecular complexity index is 606. The molecule has 1 atom stereocenters. The van der Waals surface area contributed by atoms with Crippen molar-refractivity contribution in [3.8, 4) is 0 Å². The van der Waals surface area contributed by atoms with E-state index in [9.17, 15) is 18.4 Å². The number of halogens is 2. The molecule has 1 saturated heterocycles. The van der Waals surface area contributed by atoms with Crippen LogP contribution in [-0.2, 0) is 21.4 Å². The van der Waals surface area contributed by atoms with Crippen LogP contribution in [0, 0.1) is 0 Å². The molecule has 1 unspecified atom stereocenters. The van der Waals surface area contributed by atoms with E-state index in [-0.39, 0.29) is 5.41 Å². The Morgan fingerprint density at radius 1 is 1.27 bits per heavy atom. The van der Waals surface area contributed by atoms with Crippen LogP contribution in [0.15, 0.2) is 24.3 Å². The lowest BCUT2D eigenvalue weighted by atomic mass is 9.81. The number of fused-ring (bicyclic) bond motifs is 2. The molecule has 3 rings (SSSR count). The van der Waals surface area contributed by atoms with Gasteiger partial charge in [0.2, 0.25) is 0 Å². The van der Waals surface area contributed by atoms with E-state index in [2.05, 4.69) is 12.1 Å². The lowest BCUT2D eigenvalue weighted by Gasteiger charge is -2.25. The third kappa shape index (κ3) is 2.58. The summed E-state index contributed by atoms with van der Waals surface area (Å²) < 4.78 is 24.2. The average Bonchev–Trinajstić information content (AvgIpc) is 3.10. The fourth-order valence-corrected chi connectivity index (χ4v) is 3.62. The van der Waals surface area contributed by atoms with E-state index in [1.807, 2.05) is 17.4 Å². The first-order valence-corrected chi connectivity index (χ1v) is 7.45. The SMILES string of the molecule is O=C(NCC(F)F)C(=O)N1CCC2(CCc3ccccc32)C1. The van der Waals surface area contributed by atoms with Gasteiger partial charge in [-0.25, -0.2) is 8.78 Å². The van der Waals surface area contributed by atoms with Crippen LogP contribution in [-0.4, -0.2) is 42.8 Å². The summed E-state index contributed by atoms with van der Waals surface area (Å²) in [5.41, 5.74) is 2.49. The number of nitrogens with one attached hydrogen (secondary N) is 1. The summed E-state index contributed by atoms with van der Waals surface area (Å²) in [7, 11) is 0. The Morgan fingerprint density at radius 2 is 2.05 bits per heavy atom. The van der Waals surface area contributed by atoms with E-state index in [0.717, 1.165) is 19.3 Å². The summed E-state index contributed by atoms with van der Waals surface area (Å²) in [6.45, 7) is 0.201. The molecule has 2 amide bonds.